The highest BCUT2D eigenvalue weighted by atomic mass is 35.5. The van der Waals surface area contributed by atoms with Crippen molar-refractivity contribution in [3.63, 3.8) is 0 Å². The number of hydrogen-bond donors (Lipinski definition) is 0. The van der Waals surface area contributed by atoms with E-state index in [1.165, 1.54) is 11.8 Å². The van der Waals surface area contributed by atoms with Crippen LogP contribution in [-0.2, 0) is 13.6 Å². The number of benzene rings is 1. The summed E-state index contributed by atoms with van der Waals surface area (Å²) in [6.07, 6.45) is 0. The smallest absolute Gasteiger partial charge is 0.307 e. The fourth-order valence-electron chi connectivity index (χ4n) is 1.19. The summed E-state index contributed by atoms with van der Waals surface area (Å²) in [6, 6.07) is 9.53. The van der Waals surface area contributed by atoms with E-state index in [1.54, 1.807) is 13.8 Å². The molecule has 0 bridgehead atoms. The van der Waals surface area contributed by atoms with Crippen LogP contribution in [0.1, 0.15) is 13.8 Å². The fourth-order valence-corrected chi connectivity index (χ4v) is 4.65. The Hall–Kier alpha value is 0.01000. The van der Waals surface area contributed by atoms with Gasteiger partial charge in [-0.3, -0.25) is 4.57 Å². The van der Waals surface area contributed by atoms with Gasteiger partial charge < -0.3 is 9.05 Å². The molecule has 1 atom stereocenters. The molecule has 1 unspecified atom stereocenters. The molecule has 1 rings (SSSR count). The Morgan fingerprint density at radius 1 is 1.24 bits per heavy atom. The third-order valence-electron chi connectivity index (χ3n) is 1.84. The topological polar surface area (TPSA) is 35.5 Å². The van der Waals surface area contributed by atoms with Crippen LogP contribution in [0.2, 0.25) is 0 Å². The van der Waals surface area contributed by atoms with E-state index in [0.717, 1.165) is 4.90 Å². The van der Waals surface area contributed by atoms with Gasteiger partial charge in [0.15, 0.2) is 4.45 Å². The molecular weight excluding hydrogens is 279 g/mol. The van der Waals surface area contributed by atoms with E-state index < -0.39 is 12.0 Å². The average molecular weight is 295 g/mol. The number of rotatable bonds is 7. The number of halogens is 1. The Labute approximate surface area is 111 Å². The standard InChI is InChI=1S/C11H16ClO3PS/c1-3-14-16(13,15-4-2)11(12)17-10-8-6-5-7-9-10/h5-9,11H,3-4H2,1-2H3. The summed E-state index contributed by atoms with van der Waals surface area (Å²) < 4.78 is 22.0. The zero-order valence-electron chi connectivity index (χ0n) is 9.84. The van der Waals surface area contributed by atoms with Crippen LogP contribution in [0.25, 0.3) is 0 Å². The van der Waals surface area contributed by atoms with E-state index in [2.05, 4.69) is 0 Å². The highest BCUT2D eigenvalue weighted by molar-refractivity contribution is 8.07. The first-order valence-corrected chi connectivity index (χ1v) is 8.29. The molecule has 0 heterocycles. The van der Waals surface area contributed by atoms with Crippen molar-refractivity contribution in [1.82, 2.24) is 0 Å². The summed E-state index contributed by atoms with van der Waals surface area (Å²) in [5.74, 6) is 0. The molecular formula is C11H16ClO3PS. The maximum atomic E-state index is 12.3. The van der Waals surface area contributed by atoms with Gasteiger partial charge in [-0.15, -0.1) is 0 Å². The van der Waals surface area contributed by atoms with Gasteiger partial charge in [-0.1, -0.05) is 41.6 Å². The lowest BCUT2D eigenvalue weighted by Crippen LogP contribution is -2.04. The largest absolute Gasteiger partial charge is 0.358 e. The number of thioether (sulfide) groups is 1. The van der Waals surface area contributed by atoms with Crippen LogP contribution in [0.5, 0.6) is 0 Å². The van der Waals surface area contributed by atoms with Gasteiger partial charge >= 0.3 is 7.60 Å². The maximum Gasteiger partial charge on any atom is 0.358 e. The first-order valence-electron chi connectivity index (χ1n) is 5.37. The third kappa shape index (κ3) is 4.65. The molecule has 0 aliphatic carbocycles. The summed E-state index contributed by atoms with van der Waals surface area (Å²) >= 11 is 7.41. The predicted molar refractivity (Wildman–Crippen MR) is 72.8 cm³/mol. The van der Waals surface area contributed by atoms with Crippen molar-refractivity contribution in [3.05, 3.63) is 30.3 Å². The van der Waals surface area contributed by atoms with E-state index in [1.807, 2.05) is 30.3 Å². The minimum atomic E-state index is -3.25. The van der Waals surface area contributed by atoms with Gasteiger partial charge in [-0.05, 0) is 26.0 Å². The van der Waals surface area contributed by atoms with E-state index in [0.29, 0.717) is 13.2 Å². The van der Waals surface area contributed by atoms with Crippen molar-refractivity contribution < 1.29 is 13.6 Å². The molecule has 1 aromatic rings. The highest BCUT2D eigenvalue weighted by Gasteiger charge is 2.34. The molecule has 0 aromatic heterocycles. The first kappa shape index (κ1) is 15.1. The fraction of sp³-hybridized carbons (Fsp3) is 0.455. The van der Waals surface area contributed by atoms with E-state index in [9.17, 15) is 4.57 Å². The zero-order valence-corrected chi connectivity index (χ0v) is 12.3. The van der Waals surface area contributed by atoms with Crippen LogP contribution in [0.3, 0.4) is 0 Å². The van der Waals surface area contributed by atoms with Crippen molar-refractivity contribution >= 4 is 31.0 Å². The van der Waals surface area contributed by atoms with Gasteiger partial charge in [-0.2, -0.15) is 0 Å². The normalized spacial score (nSPS) is 13.6. The van der Waals surface area contributed by atoms with Gasteiger partial charge in [-0.25, -0.2) is 0 Å². The Balaban J connectivity index is 2.72. The summed E-state index contributed by atoms with van der Waals surface area (Å²) in [5.41, 5.74) is 0. The lowest BCUT2D eigenvalue weighted by atomic mass is 10.4. The van der Waals surface area contributed by atoms with E-state index in [-0.39, 0.29) is 0 Å². The zero-order chi connectivity index (χ0) is 12.7. The minimum absolute atomic E-state index is 0.315. The summed E-state index contributed by atoms with van der Waals surface area (Å²) in [6.45, 7) is 4.16. The number of hydrogen-bond acceptors (Lipinski definition) is 4. The van der Waals surface area contributed by atoms with Crippen LogP contribution in [0, 0.1) is 0 Å². The average Bonchev–Trinajstić information content (AvgIpc) is 2.31. The molecule has 0 saturated carbocycles. The monoisotopic (exact) mass is 294 g/mol. The SMILES string of the molecule is CCOP(=O)(OCC)C(Cl)Sc1ccccc1. The van der Waals surface area contributed by atoms with Gasteiger partial charge in [0.2, 0.25) is 0 Å². The Morgan fingerprint density at radius 3 is 2.24 bits per heavy atom. The van der Waals surface area contributed by atoms with Gasteiger partial charge in [0.1, 0.15) is 0 Å². The van der Waals surface area contributed by atoms with Crippen molar-refractivity contribution in [2.75, 3.05) is 13.2 Å². The molecule has 0 amide bonds. The molecule has 0 aliphatic rings. The Kier molecular flexibility index (Phi) is 6.60. The maximum absolute atomic E-state index is 12.3. The highest BCUT2D eigenvalue weighted by Crippen LogP contribution is 2.60. The summed E-state index contributed by atoms with van der Waals surface area (Å²) in [4.78, 5) is 0.937. The molecule has 6 heteroatoms. The molecule has 17 heavy (non-hydrogen) atoms. The molecule has 0 spiro atoms. The second-order valence-electron chi connectivity index (χ2n) is 3.10. The second-order valence-corrected chi connectivity index (χ2v) is 7.74. The van der Waals surface area contributed by atoms with Crippen LogP contribution < -0.4 is 0 Å². The van der Waals surface area contributed by atoms with E-state index >= 15 is 0 Å². The third-order valence-corrected chi connectivity index (χ3v) is 6.39. The molecule has 3 nitrogen and oxygen atoms in total. The van der Waals surface area contributed by atoms with Gasteiger partial charge in [0.05, 0.1) is 13.2 Å². The molecule has 96 valence electrons. The van der Waals surface area contributed by atoms with Crippen LogP contribution in [-0.4, -0.2) is 17.7 Å². The van der Waals surface area contributed by atoms with Gasteiger partial charge in [0.25, 0.3) is 0 Å². The van der Waals surface area contributed by atoms with E-state index in [4.69, 9.17) is 20.6 Å². The summed E-state index contributed by atoms with van der Waals surface area (Å²) in [5, 5.41) is 0. The van der Waals surface area contributed by atoms with Crippen molar-refractivity contribution in [1.29, 1.82) is 0 Å². The molecule has 0 saturated heterocycles. The molecule has 0 radical (unpaired) electrons. The minimum Gasteiger partial charge on any atom is -0.307 e. The predicted octanol–water partition coefficient (Wildman–Crippen LogP) is 4.57. The molecule has 0 fully saturated rings. The quantitative estimate of drug-likeness (QED) is 0.419. The molecule has 0 aliphatic heterocycles. The van der Waals surface area contributed by atoms with Crippen molar-refractivity contribution in [2.24, 2.45) is 0 Å². The Morgan fingerprint density at radius 2 is 1.76 bits per heavy atom. The van der Waals surface area contributed by atoms with Crippen molar-refractivity contribution in [3.8, 4) is 0 Å². The van der Waals surface area contributed by atoms with Crippen LogP contribution in [0.4, 0.5) is 0 Å². The number of alkyl halides is 1. The van der Waals surface area contributed by atoms with Crippen LogP contribution >= 0.6 is 31.0 Å². The Bertz CT molecular complexity index is 364. The van der Waals surface area contributed by atoms with Crippen molar-refractivity contribution in [2.45, 2.75) is 23.2 Å². The lowest BCUT2D eigenvalue weighted by molar-refractivity contribution is 0.222. The van der Waals surface area contributed by atoms with Crippen LogP contribution in [0.15, 0.2) is 35.2 Å². The lowest BCUT2D eigenvalue weighted by Gasteiger charge is -2.21. The second kappa shape index (κ2) is 7.45. The van der Waals surface area contributed by atoms with Gasteiger partial charge in [0, 0.05) is 4.90 Å². The molecule has 1 aromatic carbocycles. The summed E-state index contributed by atoms with van der Waals surface area (Å²) in [7, 11) is -3.25. The first-order chi connectivity index (χ1) is 8.12. The molecule has 0 N–H and O–H groups in total.